The van der Waals surface area contributed by atoms with Gasteiger partial charge in [-0.1, -0.05) is 6.92 Å². The number of primary amides is 1. The number of nitrogens with two attached hydrogens (primary N) is 1. The van der Waals surface area contributed by atoms with E-state index in [-0.39, 0.29) is 12.5 Å². The molecule has 5 nitrogen and oxygen atoms in total. The Morgan fingerprint density at radius 2 is 2.24 bits per heavy atom. The molecule has 1 heterocycles. The number of rotatable bonds is 7. The van der Waals surface area contributed by atoms with Gasteiger partial charge in [0.15, 0.2) is 0 Å². The van der Waals surface area contributed by atoms with Gasteiger partial charge >= 0.3 is 0 Å². The molecule has 0 aliphatic carbocycles. The second-order valence-electron chi connectivity index (χ2n) is 3.62. The van der Waals surface area contributed by atoms with Crippen molar-refractivity contribution < 1.29 is 9.59 Å². The van der Waals surface area contributed by atoms with Gasteiger partial charge in [0.25, 0.3) is 0 Å². The molecule has 1 aromatic heterocycles. The van der Waals surface area contributed by atoms with Crippen LogP contribution >= 0.6 is 11.3 Å². The fourth-order valence-corrected chi connectivity index (χ4v) is 2.07. The molecule has 4 N–H and O–H groups in total. The second kappa shape index (κ2) is 7.03. The molecule has 0 bridgehead atoms. The third kappa shape index (κ3) is 4.97. The Kier molecular flexibility index (Phi) is 5.65. The first-order valence-electron chi connectivity index (χ1n) is 5.48. The lowest BCUT2D eigenvalue weighted by Crippen LogP contribution is -2.33. The molecular weight excluding hydrogens is 238 g/mol. The number of thiophene rings is 1. The minimum atomic E-state index is -0.423. The highest BCUT2D eigenvalue weighted by Crippen LogP contribution is 2.13. The molecule has 0 fully saturated rings. The molecule has 0 unspecified atom stereocenters. The summed E-state index contributed by atoms with van der Waals surface area (Å²) in [6, 6.07) is 1.74. The van der Waals surface area contributed by atoms with Crippen LogP contribution < -0.4 is 16.4 Å². The zero-order valence-corrected chi connectivity index (χ0v) is 10.6. The van der Waals surface area contributed by atoms with Gasteiger partial charge in [-0.05, 0) is 12.5 Å². The van der Waals surface area contributed by atoms with Gasteiger partial charge in [0.2, 0.25) is 11.8 Å². The van der Waals surface area contributed by atoms with Crippen LogP contribution in [0.25, 0.3) is 0 Å². The lowest BCUT2D eigenvalue weighted by molar-refractivity contribution is -0.120. The summed E-state index contributed by atoms with van der Waals surface area (Å²) in [5.74, 6) is -0.438. The number of nitrogens with one attached hydrogen (secondary N) is 2. The summed E-state index contributed by atoms with van der Waals surface area (Å²) in [4.78, 5) is 23.1. The molecule has 2 amide bonds. The first-order chi connectivity index (χ1) is 8.13. The van der Waals surface area contributed by atoms with Crippen molar-refractivity contribution in [2.75, 3.05) is 13.1 Å². The molecule has 1 rings (SSSR count). The van der Waals surface area contributed by atoms with Crippen molar-refractivity contribution in [3.8, 4) is 0 Å². The average molecular weight is 255 g/mol. The fraction of sp³-hybridized carbons (Fsp3) is 0.455. The molecule has 0 aromatic carbocycles. The third-order valence-corrected chi connectivity index (χ3v) is 3.03. The molecule has 0 atom stereocenters. The van der Waals surface area contributed by atoms with Crippen molar-refractivity contribution in [1.29, 1.82) is 0 Å². The predicted octanol–water partition coefficient (Wildman–Crippen LogP) is 0.463. The van der Waals surface area contributed by atoms with Crippen LogP contribution in [0.2, 0.25) is 0 Å². The van der Waals surface area contributed by atoms with E-state index in [4.69, 9.17) is 5.73 Å². The summed E-state index contributed by atoms with van der Waals surface area (Å²) >= 11 is 1.45. The maximum atomic E-state index is 11.3. The van der Waals surface area contributed by atoms with Crippen molar-refractivity contribution >= 4 is 23.2 Å². The number of carbonyl (C=O) groups excluding carboxylic acids is 2. The summed E-state index contributed by atoms with van der Waals surface area (Å²) in [5.41, 5.74) is 5.66. The molecule has 0 saturated carbocycles. The van der Waals surface area contributed by atoms with E-state index in [1.54, 1.807) is 11.4 Å². The van der Waals surface area contributed by atoms with E-state index in [2.05, 4.69) is 10.6 Å². The molecule has 17 heavy (non-hydrogen) atoms. The Morgan fingerprint density at radius 3 is 2.82 bits per heavy atom. The summed E-state index contributed by atoms with van der Waals surface area (Å²) in [6.45, 7) is 3.55. The van der Waals surface area contributed by atoms with Crippen molar-refractivity contribution in [2.45, 2.75) is 19.9 Å². The molecule has 0 radical (unpaired) electrons. The minimum Gasteiger partial charge on any atom is -0.366 e. The van der Waals surface area contributed by atoms with Crippen molar-refractivity contribution in [2.24, 2.45) is 5.73 Å². The lowest BCUT2D eigenvalue weighted by atomic mass is 10.3. The van der Waals surface area contributed by atoms with E-state index in [0.29, 0.717) is 18.7 Å². The number of amides is 2. The van der Waals surface area contributed by atoms with Crippen molar-refractivity contribution in [3.63, 3.8) is 0 Å². The first kappa shape index (κ1) is 13.7. The van der Waals surface area contributed by atoms with Gasteiger partial charge in [0.1, 0.15) is 0 Å². The normalized spacial score (nSPS) is 10.2. The minimum absolute atomic E-state index is 0.0152. The molecule has 0 spiro atoms. The van der Waals surface area contributed by atoms with Crippen molar-refractivity contribution in [1.82, 2.24) is 10.6 Å². The molecule has 94 valence electrons. The standard InChI is InChI=1S/C11H17N3O2S/c1-2-3-14-10(15)6-13-5-9-4-8(7-17-9)11(12)16/h4,7,13H,2-3,5-6H2,1H3,(H2,12,16)(H,14,15). The van der Waals surface area contributed by atoms with Crippen LogP contribution in [0.15, 0.2) is 11.4 Å². The molecule has 1 aromatic rings. The average Bonchev–Trinajstić information content (AvgIpc) is 2.75. The monoisotopic (exact) mass is 255 g/mol. The Bertz CT molecular complexity index is 390. The Morgan fingerprint density at radius 1 is 1.47 bits per heavy atom. The summed E-state index contributed by atoms with van der Waals surface area (Å²) in [7, 11) is 0. The Labute approximate surface area is 104 Å². The smallest absolute Gasteiger partial charge is 0.249 e. The zero-order valence-electron chi connectivity index (χ0n) is 9.79. The van der Waals surface area contributed by atoms with Gasteiger partial charge < -0.3 is 16.4 Å². The highest BCUT2D eigenvalue weighted by atomic mass is 32.1. The van der Waals surface area contributed by atoms with Crippen molar-refractivity contribution in [3.05, 3.63) is 21.9 Å². The summed E-state index contributed by atoms with van der Waals surface area (Å²) < 4.78 is 0. The van der Waals surface area contributed by atoms with Gasteiger partial charge in [-0.15, -0.1) is 11.3 Å². The maximum absolute atomic E-state index is 11.3. The van der Waals surface area contributed by atoms with E-state index < -0.39 is 5.91 Å². The molecule has 0 aliphatic rings. The first-order valence-corrected chi connectivity index (χ1v) is 6.36. The zero-order chi connectivity index (χ0) is 12.7. The highest BCUT2D eigenvalue weighted by Gasteiger charge is 2.05. The Hall–Kier alpha value is -1.40. The van der Waals surface area contributed by atoms with Crippen LogP contribution in [-0.2, 0) is 11.3 Å². The number of hydrogen-bond acceptors (Lipinski definition) is 4. The maximum Gasteiger partial charge on any atom is 0.249 e. The van der Waals surface area contributed by atoms with Gasteiger partial charge in [-0.3, -0.25) is 9.59 Å². The van der Waals surface area contributed by atoms with Gasteiger partial charge in [0.05, 0.1) is 12.1 Å². The Balaban J connectivity index is 2.26. The van der Waals surface area contributed by atoms with Crippen LogP contribution in [0, 0.1) is 0 Å². The molecule has 6 heteroatoms. The van der Waals surface area contributed by atoms with Crippen LogP contribution in [0.4, 0.5) is 0 Å². The van der Waals surface area contributed by atoms with E-state index >= 15 is 0 Å². The topological polar surface area (TPSA) is 84.2 Å². The summed E-state index contributed by atoms with van der Waals surface area (Å²) in [6.07, 6.45) is 0.929. The SMILES string of the molecule is CCCNC(=O)CNCc1cc(C(N)=O)cs1. The van der Waals surface area contributed by atoms with E-state index in [0.717, 1.165) is 11.3 Å². The largest absolute Gasteiger partial charge is 0.366 e. The van der Waals surface area contributed by atoms with Crippen LogP contribution in [-0.4, -0.2) is 24.9 Å². The van der Waals surface area contributed by atoms with Gasteiger partial charge in [-0.25, -0.2) is 0 Å². The lowest BCUT2D eigenvalue weighted by Gasteiger charge is -2.04. The number of carbonyl (C=O) groups is 2. The van der Waals surface area contributed by atoms with Crippen LogP contribution in [0.1, 0.15) is 28.6 Å². The quantitative estimate of drug-likeness (QED) is 0.662. The number of hydrogen-bond donors (Lipinski definition) is 3. The fourth-order valence-electron chi connectivity index (χ4n) is 1.23. The van der Waals surface area contributed by atoms with Crippen LogP contribution in [0.5, 0.6) is 0 Å². The molecule has 0 aliphatic heterocycles. The molecule has 0 saturated heterocycles. The van der Waals surface area contributed by atoms with Crippen LogP contribution in [0.3, 0.4) is 0 Å². The van der Waals surface area contributed by atoms with E-state index in [1.807, 2.05) is 6.92 Å². The predicted molar refractivity (Wildman–Crippen MR) is 67.8 cm³/mol. The second-order valence-corrected chi connectivity index (χ2v) is 4.62. The third-order valence-electron chi connectivity index (χ3n) is 2.10. The highest BCUT2D eigenvalue weighted by molar-refractivity contribution is 7.10. The molecular formula is C11H17N3O2S. The van der Waals surface area contributed by atoms with Gasteiger partial charge in [-0.2, -0.15) is 0 Å². The summed E-state index contributed by atoms with van der Waals surface area (Å²) in [5, 5.41) is 7.50. The van der Waals surface area contributed by atoms with E-state index in [1.165, 1.54) is 11.3 Å². The van der Waals surface area contributed by atoms with Gasteiger partial charge in [0, 0.05) is 23.3 Å². The van der Waals surface area contributed by atoms with E-state index in [9.17, 15) is 9.59 Å².